The normalized spacial score (nSPS) is 11.0. The van der Waals surface area contributed by atoms with Crippen LogP contribution in [0.15, 0.2) is 29.0 Å². The zero-order chi connectivity index (χ0) is 15.4. The number of hydrogen-bond acceptors (Lipinski definition) is 4. The van der Waals surface area contributed by atoms with Crippen molar-refractivity contribution in [2.24, 2.45) is 0 Å². The van der Waals surface area contributed by atoms with Crippen LogP contribution in [-0.2, 0) is 6.54 Å². The van der Waals surface area contributed by atoms with Crippen molar-refractivity contribution in [1.82, 2.24) is 15.3 Å². The van der Waals surface area contributed by atoms with Gasteiger partial charge in [-0.2, -0.15) is 0 Å². The van der Waals surface area contributed by atoms with Crippen LogP contribution < -0.4 is 10.1 Å². The first kappa shape index (κ1) is 16.1. The van der Waals surface area contributed by atoms with E-state index in [1.807, 2.05) is 13.8 Å². The Morgan fingerprint density at radius 3 is 2.86 bits per heavy atom. The van der Waals surface area contributed by atoms with Gasteiger partial charge in [0.2, 0.25) is 5.88 Å². The summed E-state index contributed by atoms with van der Waals surface area (Å²) < 4.78 is 19.6. The van der Waals surface area contributed by atoms with Gasteiger partial charge in [0.05, 0.1) is 21.4 Å². The van der Waals surface area contributed by atoms with E-state index in [1.54, 1.807) is 6.20 Å². The van der Waals surface area contributed by atoms with E-state index in [9.17, 15) is 4.39 Å². The fourth-order valence-electron chi connectivity index (χ4n) is 1.52. The van der Waals surface area contributed by atoms with E-state index in [1.165, 1.54) is 18.3 Å². The van der Waals surface area contributed by atoms with Crippen molar-refractivity contribution in [1.29, 1.82) is 0 Å². The maximum absolute atomic E-state index is 13.5. The second-order valence-electron chi connectivity index (χ2n) is 4.68. The topological polar surface area (TPSA) is 47.0 Å². The summed E-state index contributed by atoms with van der Waals surface area (Å²) in [6.07, 6.45) is 3.12. The molecule has 0 aliphatic rings. The molecule has 0 fully saturated rings. The summed E-state index contributed by atoms with van der Waals surface area (Å²) >= 11 is 8.96. The molecule has 0 saturated carbocycles. The molecule has 0 atom stereocenters. The highest BCUT2D eigenvalue weighted by Crippen LogP contribution is 2.33. The van der Waals surface area contributed by atoms with Crippen LogP contribution >= 0.6 is 27.5 Å². The Labute approximate surface area is 135 Å². The summed E-state index contributed by atoms with van der Waals surface area (Å²) in [7, 11) is 0. The molecule has 1 aromatic heterocycles. The number of ether oxygens (including phenoxy) is 1. The van der Waals surface area contributed by atoms with Crippen molar-refractivity contribution in [2.75, 3.05) is 0 Å². The number of hydrogen-bond donors (Lipinski definition) is 1. The van der Waals surface area contributed by atoms with E-state index in [0.717, 1.165) is 5.69 Å². The van der Waals surface area contributed by atoms with Crippen molar-refractivity contribution in [2.45, 2.75) is 26.4 Å². The van der Waals surface area contributed by atoms with Gasteiger partial charge in [0.1, 0.15) is 11.6 Å². The quantitative estimate of drug-likeness (QED) is 0.792. The van der Waals surface area contributed by atoms with E-state index < -0.39 is 5.82 Å². The lowest BCUT2D eigenvalue weighted by molar-refractivity contribution is 0.448. The minimum absolute atomic E-state index is 0.0233. The Hall–Kier alpha value is -1.24. The van der Waals surface area contributed by atoms with Gasteiger partial charge in [0.25, 0.3) is 0 Å². The van der Waals surface area contributed by atoms with Gasteiger partial charge in [0.15, 0.2) is 0 Å². The molecule has 1 aromatic carbocycles. The molecular formula is C14H14BrClFN3O. The van der Waals surface area contributed by atoms with Crippen LogP contribution in [0.2, 0.25) is 5.02 Å². The van der Waals surface area contributed by atoms with Crippen LogP contribution in [0.4, 0.5) is 4.39 Å². The van der Waals surface area contributed by atoms with Crippen LogP contribution in [0.3, 0.4) is 0 Å². The lowest BCUT2D eigenvalue weighted by Crippen LogP contribution is -2.22. The Morgan fingerprint density at radius 2 is 2.14 bits per heavy atom. The van der Waals surface area contributed by atoms with Crippen molar-refractivity contribution < 1.29 is 9.13 Å². The molecule has 0 aliphatic carbocycles. The molecule has 0 bridgehead atoms. The van der Waals surface area contributed by atoms with Gasteiger partial charge in [-0.25, -0.2) is 9.37 Å². The molecule has 0 saturated heterocycles. The molecule has 0 radical (unpaired) electrons. The predicted molar refractivity (Wildman–Crippen MR) is 83.2 cm³/mol. The van der Waals surface area contributed by atoms with Gasteiger partial charge in [-0.15, -0.1) is 0 Å². The van der Waals surface area contributed by atoms with E-state index >= 15 is 0 Å². The molecular weight excluding hydrogens is 361 g/mol. The number of benzene rings is 1. The van der Waals surface area contributed by atoms with Gasteiger partial charge >= 0.3 is 0 Å². The number of nitrogens with one attached hydrogen (secondary N) is 1. The van der Waals surface area contributed by atoms with E-state index in [4.69, 9.17) is 16.3 Å². The lowest BCUT2D eigenvalue weighted by atomic mass is 10.3. The van der Waals surface area contributed by atoms with Gasteiger partial charge in [0, 0.05) is 24.8 Å². The highest BCUT2D eigenvalue weighted by Gasteiger charge is 2.10. The molecule has 2 aromatic rings. The summed E-state index contributed by atoms with van der Waals surface area (Å²) in [5, 5.41) is 3.26. The zero-order valence-corrected chi connectivity index (χ0v) is 13.9. The van der Waals surface area contributed by atoms with Crippen molar-refractivity contribution >= 4 is 27.5 Å². The van der Waals surface area contributed by atoms with Gasteiger partial charge in [-0.05, 0) is 22.0 Å². The Morgan fingerprint density at radius 1 is 1.38 bits per heavy atom. The fraction of sp³-hybridized carbons (Fsp3) is 0.286. The number of rotatable bonds is 5. The van der Waals surface area contributed by atoms with E-state index in [-0.39, 0.29) is 5.02 Å². The number of halogens is 3. The minimum atomic E-state index is -0.555. The maximum Gasteiger partial charge on any atom is 0.238 e. The van der Waals surface area contributed by atoms with Gasteiger partial charge in [-0.3, -0.25) is 4.98 Å². The van der Waals surface area contributed by atoms with Gasteiger partial charge in [-0.1, -0.05) is 25.4 Å². The third-order valence-corrected chi connectivity index (χ3v) is 3.45. The summed E-state index contributed by atoms with van der Waals surface area (Å²) in [6, 6.07) is 2.98. The summed E-state index contributed by atoms with van der Waals surface area (Å²) in [5.74, 6) is 0.0288. The molecule has 0 aliphatic heterocycles. The Kier molecular flexibility index (Phi) is 5.50. The summed E-state index contributed by atoms with van der Waals surface area (Å²) in [4.78, 5) is 8.38. The van der Waals surface area contributed by atoms with Crippen LogP contribution in [0, 0.1) is 5.82 Å². The standard InChI is InChI=1S/C14H14BrClFN3O/c1-8(2)19-6-9-5-18-7-14(20-9)21-13-4-12(17)11(16)3-10(13)15/h3-5,7-8,19H,6H2,1-2H3. The molecule has 0 amide bonds. The first-order chi connectivity index (χ1) is 9.95. The number of nitrogens with zero attached hydrogens (tertiary/aromatic N) is 2. The summed E-state index contributed by atoms with van der Waals surface area (Å²) in [6.45, 7) is 4.67. The SMILES string of the molecule is CC(C)NCc1cncc(Oc2cc(F)c(Cl)cc2Br)n1. The second-order valence-corrected chi connectivity index (χ2v) is 5.94. The van der Waals surface area contributed by atoms with Crippen LogP contribution in [-0.4, -0.2) is 16.0 Å². The molecule has 7 heteroatoms. The molecule has 0 spiro atoms. The molecule has 0 unspecified atom stereocenters. The van der Waals surface area contributed by atoms with E-state index in [0.29, 0.717) is 28.7 Å². The second kappa shape index (κ2) is 7.15. The molecule has 4 nitrogen and oxygen atoms in total. The van der Waals surface area contributed by atoms with Crippen molar-refractivity contribution in [3.63, 3.8) is 0 Å². The third kappa shape index (κ3) is 4.62. The Balaban J connectivity index is 2.16. The minimum Gasteiger partial charge on any atom is -0.436 e. The highest BCUT2D eigenvalue weighted by atomic mass is 79.9. The molecule has 2 rings (SSSR count). The zero-order valence-electron chi connectivity index (χ0n) is 11.5. The lowest BCUT2D eigenvalue weighted by Gasteiger charge is -2.10. The predicted octanol–water partition coefficient (Wildman–Crippen LogP) is 4.32. The van der Waals surface area contributed by atoms with Crippen LogP contribution in [0.1, 0.15) is 19.5 Å². The Bertz CT molecular complexity index is 640. The average Bonchev–Trinajstić information content (AvgIpc) is 2.43. The van der Waals surface area contributed by atoms with Crippen molar-refractivity contribution in [3.8, 4) is 11.6 Å². The third-order valence-electron chi connectivity index (χ3n) is 2.54. The molecule has 1 N–H and O–H groups in total. The first-order valence-electron chi connectivity index (χ1n) is 6.32. The summed E-state index contributed by atoms with van der Waals surface area (Å²) in [5.41, 5.74) is 0.742. The van der Waals surface area contributed by atoms with Gasteiger partial charge < -0.3 is 10.1 Å². The monoisotopic (exact) mass is 373 g/mol. The fourth-order valence-corrected chi connectivity index (χ4v) is 2.24. The molecule has 1 heterocycles. The van der Waals surface area contributed by atoms with Crippen molar-refractivity contribution in [3.05, 3.63) is 45.5 Å². The molecule has 112 valence electrons. The average molecular weight is 375 g/mol. The first-order valence-corrected chi connectivity index (χ1v) is 7.49. The largest absolute Gasteiger partial charge is 0.436 e. The van der Waals surface area contributed by atoms with Crippen LogP contribution in [0.5, 0.6) is 11.6 Å². The smallest absolute Gasteiger partial charge is 0.238 e. The molecule has 21 heavy (non-hydrogen) atoms. The highest BCUT2D eigenvalue weighted by molar-refractivity contribution is 9.10. The number of aromatic nitrogens is 2. The van der Waals surface area contributed by atoms with E-state index in [2.05, 4.69) is 31.2 Å². The maximum atomic E-state index is 13.5. The van der Waals surface area contributed by atoms with Crippen LogP contribution in [0.25, 0.3) is 0 Å².